The maximum absolute atomic E-state index is 12.6. The molecule has 3 atom stereocenters. The molecule has 0 radical (unpaired) electrons. The van der Waals surface area contributed by atoms with Crippen molar-refractivity contribution in [3.63, 3.8) is 0 Å². The Hall–Kier alpha value is -2.33. The molecule has 0 saturated carbocycles. The lowest BCUT2D eigenvalue weighted by Crippen LogP contribution is -2.29. The summed E-state index contributed by atoms with van der Waals surface area (Å²) in [6.07, 6.45) is 41.4. The van der Waals surface area contributed by atoms with E-state index >= 15 is 0 Å². The fourth-order valence-corrected chi connectivity index (χ4v) is 6.08. The predicted octanol–water partition coefficient (Wildman–Crippen LogP) is 10.7. The van der Waals surface area contributed by atoms with Crippen molar-refractivity contribution >= 4 is 19.8 Å². The van der Waals surface area contributed by atoms with Gasteiger partial charge in [0.15, 0.2) is 6.10 Å². The van der Waals surface area contributed by atoms with Crippen LogP contribution in [0.5, 0.6) is 0 Å². The molecule has 0 rings (SSSR count). The van der Waals surface area contributed by atoms with E-state index in [4.69, 9.17) is 24.3 Å². The van der Waals surface area contributed by atoms with Crippen LogP contribution >= 0.6 is 7.82 Å². The number of nitrogens with two attached hydrogens (primary N) is 1. The third kappa shape index (κ3) is 38.0. The molecule has 0 aromatic heterocycles. The van der Waals surface area contributed by atoms with E-state index in [9.17, 15) is 24.2 Å². The van der Waals surface area contributed by atoms with Gasteiger partial charge in [0, 0.05) is 19.4 Å². The van der Waals surface area contributed by atoms with Gasteiger partial charge in [-0.15, -0.1) is 0 Å². The summed E-state index contributed by atoms with van der Waals surface area (Å²) in [6, 6.07) is 0. The highest BCUT2D eigenvalue weighted by Crippen LogP contribution is 2.43. The Morgan fingerprint density at radius 3 is 1.85 bits per heavy atom. The lowest BCUT2D eigenvalue weighted by molar-refractivity contribution is -0.161. The maximum atomic E-state index is 12.6. The first-order chi connectivity index (χ1) is 26.2. The Labute approximate surface area is 328 Å². The molecule has 0 amide bonds. The van der Waals surface area contributed by atoms with Crippen LogP contribution in [0, 0.1) is 0 Å². The van der Waals surface area contributed by atoms with Crippen LogP contribution in [0.25, 0.3) is 0 Å². The molecule has 11 heteroatoms. The zero-order valence-electron chi connectivity index (χ0n) is 33.8. The maximum Gasteiger partial charge on any atom is 0.472 e. The zero-order chi connectivity index (χ0) is 39.8. The van der Waals surface area contributed by atoms with Crippen LogP contribution in [-0.4, -0.2) is 60.5 Å². The van der Waals surface area contributed by atoms with Crippen molar-refractivity contribution in [3.8, 4) is 0 Å². The molecule has 0 spiro atoms. The molecule has 0 saturated heterocycles. The summed E-state index contributed by atoms with van der Waals surface area (Å²) in [5.74, 6) is -1.04. The summed E-state index contributed by atoms with van der Waals surface area (Å²) in [5, 5.41) is 10.3. The first-order valence-electron chi connectivity index (χ1n) is 20.9. The molecule has 0 aliphatic carbocycles. The van der Waals surface area contributed by atoms with Crippen molar-refractivity contribution in [2.75, 3.05) is 26.4 Å². The normalized spacial score (nSPS) is 14.5. The number of allylic oxidation sites excluding steroid dienone is 9. The Morgan fingerprint density at radius 2 is 1.19 bits per heavy atom. The average Bonchev–Trinajstić information content (AvgIpc) is 3.15. The van der Waals surface area contributed by atoms with Gasteiger partial charge in [0.2, 0.25) is 0 Å². The molecule has 0 fully saturated rings. The fraction of sp³-hybridized carbons (Fsp3) is 0.721. The molecule has 54 heavy (non-hydrogen) atoms. The molecule has 10 nitrogen and oxygen atoms in total. The van der Waals surface area contributed by atoms with Gasteiger partial charge in [-0.3, -0.25) is 18.6 Å². The summed E-state index contributed by atoms with van der Waals surface area (Å²) in [7, 11) is -4.43. The molecule has 312 valence electrons. The molecule has 0 bridgehead atoms. The van der Waals surface area contributed by atoms with E-state index in [2.05, 4.69) is 50.3 Å². The van der Waals surface area contributed by atoms with E-state index in [0.717, 1.165) is 51.4 Å². The smallest absolute Gasteiger partial charge is 0.462 e. The van der Waals surface area contributed by atoms with E-state index in [1.54, 1.807) is 12.2 Å². The van der Waals surface area contributed by atoms with E-state index < -0.39 is 38.6 Å². The third-order valence-electron chi connectivity index (χ3n) is 8.48. The number of rotatable bonds is 38. The highest BCUT2D eigenvalue weighted by molar-refractivity contribution is 7.47. The van der Waals surface area contributed by atoms with Crippen molar-refractivity contribution in [2.24, 2.45) is 5.73 Å². The van der Waals surface area contributed by atoms with E-state index in [0.29, 0.717) is 19.3 Å². The topological polar surface area (TPSA) is 155 Å². The summed E-state index contributed by atoms with van der Waals surface area (Å²) < 4.78 is 32.6. The molecule has 0 aromatic rings. The number of phosphoric ester groups is 1. The highest BCUT2D eigenvalue weighted by Gasteiger charge is 2.26. The van der Waals surface area contributed by atoms with Gasteiger partial charge in [0.25, 0.3) is 0 Å². The molecule has 0 heterocycles. The minimum Gasteiger partial charge on any atom is -0.462 e. The summed E-state index contributed by atoms with van der Waals surface area (Å²) in [4.78, 5) is 34.8. The Kier molecular flexibility index (Phi) is 37.2. The van der Waals surface area contributed by atoms with E-state index in [1.165, 1.54) is 64.2 Å². The summed E-state index contributed by atoms with van der Waals surface area (Å²) >= 11 is 0. The molecule has 0 aliphatic rings. The van der Waals surface area contributed by atoms with Crippen molar-refractivity contribution in [1.29, 1.82) is 0 Å². The minimum absolute atomic E-state index is 0.00158. The number of aliphatic hydroxyl groups is 1. The van der Waals surface area contributed by atoms with Crippen molar-refractivity contribution < 1.29 is 42.7 Å². The van der Waals surface area contributed by atoms with Gasteiger partial charge in [-0.05, 0) is 70.6 Å². The number of esters is 2. The van der Waals surface area contributed by atoms with Gasteiger partial charge in [0.05, 0.1) is 19.3 Å². The van der Waals surface area contributed by atoms with E-state index in [-0.39, 0.29) is 32.6 Å². The van der Waals surface area contributed by atoms with Crippen LogP contribution in [-0.2, 0) is 32.7 Å². The number of hydrogen-bond donors (Lipinski definition) is 3. The van der Waals surface area contributed by atoms with E-state index in [1.807, 2.05) is 12.2 Å². The van der Waals surface area contributed by atoms with Crippen LogP contribution < -0.4 is 5.73 Å². The van der Waals surface area contributed by atoms with Crippen LogP contribution in [0.4, 0.5) is 0 Å². The van der Waals surface area contributed by atoms with Crippen LogP contribution in [0.3, 0.4) is 0 Å². The van der Waals surface area contributed by atoms with Crippen molar-refractivity contribution in [2.45, 2.75) is 174 Å². The SMILES string of the molecule is CCCCCC=CCC=CCC=CC=CC(O)CCCC(=O)OC(COC(=O)CCCCCCCC=CCCCCCCCC)COP(=O)(O)OCCN. The minimum atomic E-state index is -4.43. The molecule has 0 aliphatic heterocycles. The number of unbranched alkanes of at least 4 members (excludes halogenated alkanes) is 14. The zero-order valence-corrected chi connectivity index (χ0v) is 34.7. The summed E-state index contributed by atoms with van der Waals surface area (Å²) in [6.45, 7) is 3.45. The standard InChI is InChI=1S/C43H76NO9P/c1-3-5-7-9-11-13-15-17-18-20-22-24-26-28-30-34-42(46)50-38-41(39-52-54(48,49)51-37-36-44)53-43(47)35-31-33-40(45)32-29-27-25-23-21-19-16-14-12-10-8-6-4-2/h12,14,17-19,21,25,27,29,32,40-41,45H,3-11,13,15-16,20,22-24,26,28,30-31,33-39,44H2,1-2H3,(H,48,49). The van der Waals surface area contributed by atoms with Gasteiger partial charge < -0.3 is 25.2 Å². The highest BCUT2D eigenvalue weighted by atomic mass is 31.2. The molecule has 3 unspecified atom stereocenters. The lowest BCUT2D eigenvalue weighted by atomic mass is 10.1. The Bertz CT molecular complexity index is 1090. The molecule has 4 N–H and O–H groups in total. The van der Waals surface area contributed by atoms with Crippen LogP contribution in [0.15, 0.2) is 60.8 Å². The van der Waals surface area contributed by atoms with Crippen molar-refractivity contribution in [3.05, 3.63) is 60.8 Å². The molecular weight excluding hydrogens is 705 g/mol. The molecule has 0 aromatic carbocycles. The van der Waals surface area contributed by atoms with Gasteiger partial charge in [-0.2, -0.15) is 0 Å². The Morgan fingerprint density at radius 1 is 0.648 bits per heavy atom. The lowest BCUT2D eigenvalue weighted by Gasteiger charge is -2.20. The first-order valence-corrected chi connectivity index (χ1v) is 22.4. The van der Waals surface area contributed by atoms with Gasteiger partial charge in [0.1, 0.15) is 6.61 Å². The average molecular weight is 782 g/mol. The quantitative estimate of drug-likeness (QED) is 0.0181. The number of carbonyl (C=O) groups is 2. The number of carbonyl (C=O) groups excluding carboxylic acids is 2. The second-order valence-corrected chi connectivity index (χ2v) is 15.2. The van der Waals surface area contributed by atoms with Crippen LogP contribution in [0.2, 0.25) is 0 Å². The summed E-state index contributed by atoms with van der Waals surface area (Å²) in [5.41, 5.74) is 5.33. The van der Waals surface area contributed by atoms with Gasteiger partial charge >= 0.3 is 19.8 Å². The number of aliphatic hydroxyl groups excluding tert-OH is 1. The first kappa shape index (κ1) is 51.7. The van der Waals surface area contributed by atoms with Crippen LogP contribution in [0.1, 0.15) is 162 Å². The number of phosphoric acid groups is 1. The monoisotopic (exact) mass is 782 g/mol. The number of ether oxygens (including phenoxy) is 2. The second-order valence-electron chi connectivity index (χ2n) is 13.7. The number of hydrogen-bond acceptors (Lipinski definition) is 9. The fourth-order valence-electron chi connectivity index (χ4n) is 5.32. The molecular formula is C43H76NO9P. The van der Waals surface area contributed by atoms with Crippen molar-refractivity contribution in [1.82, 2.24) is 0 Å². The Balaban J connectivity index is 4.41. The third-order valence-corrected chi connectivity index (χ3v) is 9.46. The van der Waals surface area contributed by atoms with Gasteiger partial charge in [-0.25, -0.2) is 4.57 Å². The largest absolute Gasteiger partial charge is 0.472 e. The van der Waals surface area contributed by atoms with Gasteiger partial charge in [-0.1, -0.05) is 139 Å². The predicted molar refractivity (Wildman–Crippen MR) is 221 cm³/mol. The second kappa shape index (κ2) is 38.9.